The Balaban J connectivity index is 1.84. The summed E-state index contributed by atoms with van der Waals surface area (Å²) in [6.07, 6.45) is 5.31. The van der Waals surface area contributed by atoms with Crippen LogP contribution < -0.4 is 21.7 Å². The molecule has 1 unspecified atom stereocenters. The van der Waals surface area contributed by atoms with Crippen LogP contribution in [0.3, 0.4) is 0 Å². The molecule has 3 rings (SSSR count). The SMILES string of the molecule is COC(=O)C(Cc1ccc(N2C(N)=NC(N)=NC23CCCCC3)cc1)NC(C)=O. The van der Waals surface area contributed by atoms with Crippen LogP contribution in [0.5, 0.6) is 0 Å². The summed E-state index contributed by atoms with van der Waals surface area (Å²) in [6.45, 7) is 1.37. The third-order valence-corrected chi connectivity index (χ3v) is 5.35. The molecule has 156 valence electrons. The molecular formula is C20H28N6O3. The van der Waals surface area contributed by atoms with Crippen LogP contribution in [-0.4, -0.2) is 42.6 Å². The number of hydrogen-bond donors (Lipinski definition) is 3. The Morgan fingerprint density at radius 3 is 2.45 bits per heavy atom. The summed E-state index contributed by atoms with van der Waals surface area (Å²) >= 11 is 0. The highest BCUT2D eigenvalue weighted by Crippen LogP contribution is 2.39. The van der Waals surface area contributed by atoms with Crippen LogP contribution in [0.1, 0.15) is 44.6 Å². The quantitative estimate of drug-likeness (QED) is 0.632. The molecule has 2 aliphatic rings. The Morgan fingerprint density at radius 1 is 1.21 bits per heavy atom. The Bertz CT molecular complexity index is 827. The van der Waals surface area contributed by atoms with E-state index in [2.05, 4.69) is 15.3 Å². The highest BCUT2D eigenvalue weighted by Gasteiger charge is 2.42. The van der Waals surface area contributed by atoms with E-state index in [-0.39, 0.29) is 11.9 Å². The van der Waals surface area contributed by atoms with Crippen LogP contribution in [0.2, 0.25) is 0 Å². The lowest BCUT2D eigenvalue weighted by molar-refractivity contribution is -0.144. The van der Waals surface area contributed by atoms with Crippen molar-refractivity contribution in [2.45, 2.75) is 57.2 Å². The summed E-state index contributed by atoms with van der Waals surface area (Å²) < 4.78 is 4.78. The zero-order valence-electron chi connectivity index (χ0n) is 16.9. The molecule has 0 saturated heterocycles. The first-order valence-corrected chi connectivity index (χ1v) is 9.78. The number of nitrogens with two attached hydrogens (primary N) is 2. The second kappa shape index (κ2) is 8.50. The Morgan fingerprint density at radius 2 is 1.86 bits per heavy atom. The molecule has 1 fully saturated rings. The van der Waals surface area contributed by atoms with E-state index in [0.29, 0.717) is 12.4 Å². The van der Waals surface area contributed by atoms with Gasteiger partial charge in [0.25, 0.3) is 0 Å². The van der Waals surface area contributed by atoms with E-state index in [9.17, 15) is 9.59 Å². The summed E-state index contributed by atoms with van der Waals surface area (Å²) in [4.78, 5) is 34.1. The van der Waals surface area contributed by atoms with Gasteiger partial charge in [-0.05, 0) is 43.4 Å². The van der Waals surface area contributed by atoms with Crippen molar-refractivity contribution in [1.82, 2.24) is 5.32 Å². The standard InChI is InChI=1S/C20H28N6O3/c1-13(27)23-16(17(28)29-2)12-14-6-8-15(9-7-14)26-19(22)24-18(21)25-20(26)10-4-3-5-11-20/h6-9,16H,3-5,10-12H2,1-2H3,(H,23,27)(H4,21,22,24,25). The Hall–Kier alpha value is -3.10. The van der Waals surface area contributed by atoms with E-state index in [0.717, 1.165) is 36.9 Å². The number of carbonyl (C=O) groups is 2. The van der Waals surface area contributed by atoms with Gasteiger partial charge in [0.15, 0.2) is 0 Å². The molecule has 9 heteroatoms. The number of esters is 1. The molecule has 1 saturated carbocycles. The van der Waals surface area contributed by atoms with Gasteiger partial charge < -0.3 is 21.5 Å². The molecule has 5 N–H and O–H groups in total. The maximum Gasteiger partial charge on any atom is 0.328 e. The first-order chi connectivity index (χ1) is 13.8. The second-order valence-corrected chi connectivity index (χ2v) is 7.47. The van der Waals surface area contributed by atoms with E-state index >= 15 is 0 Å². The van der Waals surface area contributed by atoms with E-state index < -0.39 is 17.7 Å². The molecule has 1 atom stereocenters. The van der Waals surface area contributed by atoms with Crippen LogP contribution in [0.25, 0.3) is 0 Å². The predicted octanol–water partition coefficient (Wildman–Crippen LogP) is 1.02. The van der Waals surface area contributed by atoms with Crippen molar-refractivity contribution in [2.24, 2.45) is 21.5 Å². The number of hydrogen-bond acceptors (Lipinski definition) is 8. The zero-order valence-corrected chi connectivity index (χ0v) is 16.9. The monoisotopic (exact) mass is 400 g/mol. The van der Waals surface area contributed by atoms with Crippen LogP contribution in [0, 0.1) is 0 Å². The second-order valence-electron chi connectivity index (χ2n) is 7.47. The van der Waals surface area contributed by atoms with Gasteiger partial charge in [0, 0.05) is 19.0 Å². The first-order valence-electron chi connectivity index (χ1n) is 9.78. The van der Waals surface area contributed by atoms with Crippen LogP contribution in [0.15, 0.2) is 34.3 Å². The fourth-order valence-corrected chi connectivity index (χ4v) is 4.09. The number of aliphatic imine (C=N–C) groups is 2. The Labute approximate surface area is 170 Å². The largest absolute Gasteiger partial charge is 0.467 e. The molecule has 1 aliphatic carbocycles. The molecule has 1 heterocycles. The number of anilines is 1. The molecule has 0 radical (unpaired) electrons. The van der Waals surface area contributed by atoms with Gasteiger partial charge in [-0.2, -0.15) is 4.99 Å². The maximum atomic E-state index is 11.9. The first kappa shape index (κ1) is 20.6. The fraction of sp³-hybridized carbons (Fsp3) is 0.500. The predicted molar refractivity (Wildman–Crippen MR) is 111 cm³/mol. The van der Waals surface area contributed by atoms with Crippen LogP contribution in [0.4, 0.5) is 5.69 Å². The molecule has 1 aromatic carbocycles. The van der Waals surface area contributed by atoms with Crippen molar-refractivity contribution < 1.29 is 14.3 Å². The van der Waals surface area contributed by atoms with Gasteiger partial charge >= 0.3 is 5.97 Å². The van der Waals surface area contributed by atoms with Crippen molar-refractivity contribution in [3.8, 4) is 0 Å². The van der Waals surface area contributed by atoms with Crippen molar-refractivity contribution in [2.75, 3.05) is 12.0 Å². The van der Waals surface area contributed by atoms with Gasteiger partial charge in [0.1, 0.15) is 11.7 Å². The van der Waals surface area contributed by atoms with Gasteiger partial charge in [-0.25, -0.2) is 9.79 Å². The van der Waals surface area contributed by atoms with Gasteiger partial charge in [0.05, 0.1) is 7.11 Å². The molecule has 1 aromatic rings. The molecule has 9 nitrogen and oxygen atoms in total. The number of guanidine groups is 2. The van der Waals surface area contributed by atoms with Gasteiger partial charge in [-0.15, -0.1) is 0 Å². The minimum Gasteiger partial charge on any atom is -0.467 e. The molecule has 0 aromatic heterocycles. The number of nitrogens with one attached hydrogen (secondary N) is 1. The average molecular weight is 400 g/mol. The summed E-state index contributed by atoms with van der Waals surface area (Å²) in [5.74, 6) is -0.224. The van der Waals surface area contributed by atoms with E-state index in [1.54, 1.807) is 0 Å². The lowest BCUT2D eigenvalue weighted by Crippen LogP contribution is -2.58. The van der Waals surface area contributed by atoms with E-state index in [4.69, 9.17) is 16.2 Å². The number of nitrogens with zero attached hydrogens (tertiary/aromatic N) is 3. The van der Waals surface area contributed by atoms with Crippen molar-refractivity contribution in [3.05, 3.63) is 29.8 Å². The average Bonchev–Trinajstić information content (AvgIpc) is 2.67. The third kappa shape index (κ3) is 4.49. The van der Waals surface area contributed by atoms with Gasteiger partial charge in [-0.3, -0.25) is 9.69 Å². The number of rotatable bonds is 5. The summed E-state index contributed by atoms with van der Waals surface area (Å²) in [5.41, 5.74) is 13.4. The van der Waals surface area contributed by atoms with E-state index in [1.807, 2.05) is 29.2 Å². The van der Waals surface area contributed by atoms with Gasteiger partial charge in [-0.1, -0.05) is 18.6 Å². The number of methoxy groups -OCH3 is 1. The summed E-state index contributed by atoms with van der Waals surface area (Å²) in [7, 11) is 1.30. The van der Waals surface area contributed by atoms with Crippen LogP contribution in [-0.2, 0) is 20.7 Å². The highest BCUT2D eigenvalue weighted by molar-refractivity contribution is 6.05. The highest BCUT2D eigenvalue weighted by atomic mass is 16.5. The van der Waals surface area contributed by atoms with E-state index in [1.165, 1.54) is 20.5 Å². The summed E-state index contributed by atoms with van der Waals surface area (Å²) in [6, 6.07) is 6.91. The van der Waals surface area contributed by atoms with Gasteiger partial charge in [0.2, 0.25) is 17.8 Å². The number of amides is 1. The van der Waals surface area contributed by atoms with Crippen LogP contribution >= 0.6 is 0 Å². The topological polar surface area (TPSA) is 135 Å². The van der Waals surface area contributed by atoms with Crippen molar-refractivity contribution >= 4 is 29.5 Å². The minimum absolute atomic E-state index is 0.216. The molecular weight excluding hydrogens is 372 g/mol. The fourth-order valence-electron chi connectivity index (χ4n) is 4.09. The lowest BCUT2D eigenvalue weighted by Gasteiger charge is -2.45. The number of carbonyl (C=O) groups excluding carboxylic acids is 2. The molecule has 29 heavy (non-hydrogen) atoms. The maximum absolute atomic E-state index is 11.9. The normalized spacial score (nSPS) is 19.2. The van der Waals surface area contributed by atoms with Crippen molar-refractivity contribution in [3.63, 3.8) is 0 Å². The molecule has 1 spiro atoms. The summed E-state index contributed by atoms with van der Waals surface area (Å²) in [5, 5.41) is 2.62. The number of benzene rings is 1. The number of ether oxygens (including phenoxy) is 1. The zero-order chi connectivity index (χ0) is 21.0. The molecule has 1 aliphatic heterocycles. The minimum atomic E-state index is -0.737. The molecule has 0 bridgehead atoms. The Kier molecular flexibility index (Phi) is 6.05. The van der Waals surface area contributed by atoms with Crippen molar-refractivity contribution in [1.29, 1.82) is 0 Å². The molecule has 1 amide bonds. The smallest absolute Gasteiger partial charge is 0.328 e. The third-order valence-electron chi connectivity index (χ3n) is 5.35. The lowest BCUT2D eigenvalue weighted by atomic mass is 9.87.